The minimum Gasteiger partial charge on any atom is -0.356 e. The number of amides is 1. The van der Waals surface area contributed by atoms with Crippen LogP contribution in [0.5, 0.6) is 0 Å². The van der Waals surface area contributed by atoms with Crippen molar-refractivity contribution in [3.8, 4) is 0 Å². The Bertz CT molecular complexity index is 182. The van der Waals surface area contributed by atoms with E-state index < -0.39 is 0 Å². The summed E-state index contributed by atoms with van der Waals surface area (Å²) >= 11 is 0. The predicted octanol–water partition coefficient (Wildman–Crippen LogP) is 1.15. The van der Waals surface area contributed by atoms with Crippen LogP contribution in [0.1, 0.15) is 33.1 Å². The van der Waals surface area contributed by atoms with Gasteiger partial charge in [-0.2, -0.15) is 0 Å². The smallest absolute Gasteiger partial charge is 0.224 e. The molecule has 0 radical (unpaired) electrons. The average molecular weight is 198 g/mol. The summed E-state index contributed by atoms with van der Waals surface area (Å²) in [4.78, 5) is 11.7. The van der Waals surface area contributed by atoms with Crippen molar-refractivity contribution < 1.29 is 4.79 Å². The Hall–Kier alpha value is -0.570. The molecule has 2 atom stereocenters. The maximum atomic E-state index is 11.7. The molecule has 0 aliphatic carbocycles. The molecule has 1 aliphatic rings. The number of hydrogen-bond donors (Lipinski definition) is 2. The Labute approximate surface area is 86.6 Å². The lowest BCUT2D eigenvalue weighted by atomic mass is 9.97. The van der Waals surface area contributed by atoms with E-state index >= 15 is 0 Å². The number of carbonyl (C=O) groups is 1. The lowest BCUT2D eigenvalue weighted by Crippen LogP contribution is -2.34. The van der Waals surface area contributed by atoms with Crippen LogP contribution >= 0.6 is 0 Å². The first-order valence-corrected chi connectivity index (χ1v) is 5.74. The van der Waals surface area contributed by atoms with Gasteiger partial charge in [0.25, 0.3) is 0 Å². The van der Waals surface area contributed by atoms with Crippen molar-refractivity contribution in [2.24, 2.45) is 11.8 Å². The highest BCUT2D eigenvalue weighted by atomic mass is 16.1. The van der Waals surface area contributed by atoms with E-state index in [1.807, 2.05) is 0 Å². The van der Waals surface area contributed by atoms with Gasteiger partial charge in [-0.15, -0.1) is 0 Å². The molecule has 0 aromatic carbocycles. The molecular weight excluding hydrogens is 176 g/mol. The lowest BCUT2D eigenvalue weighted by Gasteiger charge is -2.13. The molecule has 2 N–H and O–H groups in total. The molecule has 3 nitrogen and oxygen atoms in total. The monoisotopic (exact) mass is 198 g/mol. The molecule has 14 heavy (non-hydrogen) atoms. The highest BCUT2D eigenvalue weighted by molar-refractivity contribution is 5.79. The fraction of sp³-hybridized carbons (Fsp3) is 0.909. The Morgan fingerprint density at radius 2 is 2.21 bits per heavy atom. The molecule has 3 heteroatoms. The maximum absolute atomic E-state index is 11.7. The van der Waals surface area contributed by atoms with Gasteiger partial charge in [-0.25, -0.2) is 0 Å². The van der Waals surface area contributed by atoms with Crippen LogP contribution in [-0.2, 0) is 4.79 Å². The largest absolute Gasteiger partial charge is 0.356 e. The van der Waals surface area contributed by atoms with Crippen LogP contribution in [0.4, 0.5) is 0 Å². The fourth-order valence-corrected chi connectivity index (χ4v) is 1.88. The van der Waals surface area contributed by atoms with Gasteiger partial charge < -0.3 is 10.6 Å². The molecular formula is C11H22N2O. The highest BCUT2D eigenvalue weighted by Gasteiger charge is 2.28. The molecule has 0 aromatic heterocycles. The number of hydrogen-bond acceptors (Lipinski definition) is 2. The van der Waals surface area contributed by atoms with Crippen LogP contribution < -0.4 is 10.6 Å². The standard InChI is InChI=1S/C11H22N2O/c1-3-4-5-6-13-11(14)10-8-12-7-9(10)2/h9-10,12H,3-8H2,1-2H3,(H,13,14). The fourth-order valence-electron chi connectivity index (χ4n) is 1.88. The van der Waals surface area contributed by atoms with Crippen molar-refractivity contribution >= 4 is 5.91 Å². The second-order valence-electron chi connectivity index (χ2n) is 4.24. The van der Waals surface area contributed by atoms with Gasteiger partial charge in [0, 0.05) is 13.1 Å². The number of rotatable bonds is 5. The minimum atomic E-state index is 0.191. The summed E-state index contributed by atoms with van der Waals surface area (Å²) in [7, 11) is 0. The quantitative estimate of drug-likeness (QED) is 0.651. The van der Waals surface area contributed by atoms with Gasteiger partial charge in [0.15, 0.2) is 0 Å². The van der Waals surface area contributed by atoms with Crippen molar-refractivity contribution in [3.05, 3.63) is 0 Å². The van der Waals surface area contributed by atoms with Gasteiger partial charge >= 0.3 is 0 Å². The van der Waals surface area contributed by atoms with Crippen LogP contribution in [0.3, 0.4) is 0 Å². The van der Waals surface area contributed by atoms with Crippen LogP contribution in [0.2, 0.25) is 0 Å². The summed E-state index contributed by atoms with van der Waals surface area (Å²) in [6.45, 7) is 6.98. The average Bonchev–Trinajstić information content (AvgIpc) is 2.59. The van der Waals surface area contributed by atoms with E-state index in [1.54, 1.807) is 0 Å². The van der Waals surface area contributed by atoms with Gasteiger partial charge in [0.05, 0.1) is 5.92 Å². The van der Waals surface area contributed by atoms with Crippen molar-refractivity contribution in [1.82, 2.24) is 10.6 Å². The Morgan fingerprint density at radius 1 is 1.43 bits per heavy atom. The molecule has 1 rings (SSSR count). The van der Waals surface area contributed by atoms with E-state index in [4.69, 9.17) is 0 Å². The molecule has 1 heterocycles. The summed E-state index contributed by atoms with van der Waals surface area (Å²) < 4.78 is 0. The van der Waals surface area contributed by atoms with E-state index in [9.17, 15) is 4.79 Å². The first kappa shape index (κ1) is 11.5. The third kappa shape index (κ3) is 3.29. The molecule has 2 unspecified atom stereocenters. The van der Waals surface area contributed by atoms with Gasteiger partial charge in [0.1, 0.15) is 0 Å². The molecule has 1 fully saturated rings. The molecule has 1 aliphatic heterocycles. The third-order valence-electron chi connectivity index (χ3n) is 2.93. The van der Waals surface area contributed by atoms with Crippen molar-refractivity contribution in [1.29, 1.82) is 0 Å². The predicted molar refractivity (Wildman–Crippen MR) is 58.1 cm³/mol. The van der Waals surface area contributed by atoms with Gasteiger partial charge in [-0.3, -0.25) is 4.79 Å². The maximum Gasteiger partial charge on any atom is 0.224 e. The summed E-state index contributed by atoms with van der Waals surface area (Å²) in [5.74, 6) is 0.913. The zero-order valence-electron chi connectivity index (χ0n) is 9.31. The number of unbranched alkanes of at least 4 members (excludes halogenated alkanes) is 2. The summed E-state index contributed by atoms with van der Waals surface area (Å²) in [6, 6.07) is 0. The van der Waals surface area contributed by atoms with Crippen LogP contribution in [0.25, 0.3) is 0 Å². The SMILES string of the molecule is CCCCCNC(=O)C1CNCC1C. The first-order chi connectivity index (χ1) is 6.75. The summed E-state index contributed by atoms with van der Waals surface area (Å²) in [5, 5.41) is 6.25. The van der Waals surface area contributed by atoms with Crippen molar-refractivity contribution in [3.63, 3.8) is 0 Å². The van der Waals surface area contributed by atoms with Gasteiger partial charge in [-0.1, -0.05) is 26.7 Å². The second kappa shape index (κ2) is 6.02. The normalized spacial score (nSPS) is 26.4. The molecule has 0 bridgehead atoms. The number of nitrogens with one attached hydrogen (secondary N) is 2. The van der Waals surface area contributed by atoms with Crippen molar-refractivity contribution in [2.75, 3.05) is 19.6 Å². The Kier molecular flexibility index (Phi) is 4.94. The minimum absolute atomic E-state index is 0.191. The topological polar surface area (TPSA) is 41.1 Å². The Balaban J connectivity index is 2.14. The van der Waals surface area contributed by atoms with Gasteiger partial charge in [-0.05, 0) is 18.9 Å². The molecule has 0 saturated carbocycles. The molecule has 0 aromatic rings. The van der Waals surface area contributed by atoms with E-state index in [-0.39, 0.29) is 11.8 Å². The van der Waals surface area contributed by atoms with Crippen LogP contribution in [0.15, 0.2) is 0 Å². The number of carbonyl (C=O) groups excluding carboxylic acids is 1. The highest BCUT2D eigenvalue weighted by Crippen LogP contribution is 2.15. The molecule has 82 valence electrons. The molecule has 1 amide bonds. The Morgan fingerprint density at radius 3 is 2.79 bits per heavy atom. The third-order valence-corrected chi connectivity index (χ3v) is 2.93. The van der Waals surface area contributed by atoms with E-state index in [0.29, 0.717) is 5.92 Å². The van der Waals surface area contributed by atoms with E-state index in [1.165, 1.54) is 12.8 Å². The second-order valence-corrected chi connectivity index (χ2v) is 4.24. The van der Waals surface area contributed by atoms with E-state index in [0.717, 1.165) is 26.1 Å². The summed E-state index contributed by atoms with van der Waals surface area (Å²) in [5.41, 5.74) is 0. The van der Waals surface area contributed by atoms with Crippen molar-refractivity contribution in [2.45, 2.75) is 33.1 Å². The summed E-state index contributed by atoms with van der Waals surface area (Å²) in [6.07, 6.45) is 3.52. The van der Waals surface area contributed by atoms with E-state index in [2.05, 4.69) is 24.5 Å². The van der Waals surface area contributed by atoms with Crippen LogP contribution in [-0.4, -0.2) is 25.5 Å². The molecule has 0 spiro atoms. The zero-order valence-corrected chi connectivity index (χ0v) is 9.31. The van der Waals surface area contributed by atoms with Gasteiger partial charge in [0.2, 0.25) is 5.91 Å². The molecule has 1 saturated heterocycles. The van der Waals surface area contributed by atoms with Crippen LogP contribution in [0, 0.1) is 11.8 Å². The first-order valence-electron chi connectivity index (χ1n) is 5.74. The zero-order chi connectivity index (χ0) is 10.4. The lowest BCUT2D eigenvalue weighted by molar-refractivity contribution is -0.125.